The predicted octanol–water partition coefficient (Wildman–Crippen LogP) is 3.95. The van der Waals surface area contributed by atoms with Crippen molar-refractivity contribution in [3.05, 3.63) is 89.1 Å². The van der Waals surface area contributed by atoms with Crippen molar-refractivity contribution in [1.29, 1.82) is 0 Å². The summed E-state index contributed by atoms with van der Waals surface area (Å²) >= 11 is 0. The van der Waals surface area contributed by atoms with Gasteiger partial charge >= 0.3 is 0 Å². The molecule has 0 unspecified atom stereocenters. The van der Waals surface area contributed by atoms with E-state index < -0.39 is 6.17 Å². The summed E-state index contributed by atoms with van der Waals surface area (Å²) in [5.41, 5.74) is 4.12. The molecule has 39 heavy (non-hydrogen) atoms. The van der Waals surface area contributed by atoms with Gasteiger partial charge in [0, 0.05) is 61.8 Å². The van der Waals surface area contributed by atoms with Crippen LogP contribution in [0.25, 0.3) is 27.5 Å². The Balaban J connectivity index is 1.20. The number of rotatable bonds is 8. The molecule has 5 heterocycles. The molecule has 10 heteroatoms. The minimum absolute atomic E-state index is 0.155. The maximum atomic E-state index is 13.4. The fourth-order valence-corrected chi connectivity index (χ4v) is 5.06. The average Bonchev–Trinajstić information content (AvgIpc) is 3.31. The monoisotopic (exact) mass is 525 g/mol. The molecule has 9 nitrogen and oxygen atoms in total. The molecule has 1 aliphatic rings. The molecule has 1 amide bonds. The van der Waals surface area contributed by atoms with Gasteiger partial charge in [0.1, 0.15) is 17.6 Å². The van der Waals surface area contributed by atoms with Crippen molar-refractivity contribution >= 4 is 28.1 Å². The highest BCUT2D eigenvalue weighted by Gasteiger charge is 2.28. The summed E-state index contributed by atoms with van der Waals surface area (Å²) in [5, 5.41) is 7.34. The molecule has 0 aromatic carbocycles. The Bertz CT molecular complexity index is 1720. The molecule has 1 fully saturated rings. The van der Waals surface area contributed by atoms with E-state index >= 15 is 0 Å². The van der Waals surface area contributed by atoms with Crippen LogP contribution in [0.1, 0.15) is 31.0 Å². The Morgan fingerprint density at radius 2 is 1.95 bits per heavy atom. The van der Waals surface area contributed by atoms with Gasteiger partial charge in [0.15, 0.2) is 0 Å². The van der Waals surface area contributed by atoms with E-state index in [4.69, 9.17) is 4.98 Å². The fraction of sp³-hybridized carbons (Fsp3) is 0.276. The van der Waals surface area contributed by atoms with Crippen LogP contribution in [0.15, 0.2) is 72.3 Å². The number of nitrogens with zero attached hydrogens (tertiary/aromatic N) is 5. The summed E-state index contributed by atoms with van der Waals surface area (Å²) in [6, 6.07) is 9.46. The van der Waals surface area contributed by atoms with Crippen molar-refractivity contribution in [2.45, 2.75) is 39.0 Å². The van der Waals surface area contributed by atoms with Crippen molar-refractivity contribution in [3.8, 4) is 11.1 Å². The molecule has 0 aliphatic heterocycles. The molecular formula is C29H28FN7O2. The summed E-state index contributed by atoms with van der Waals surface area (Å²) in [4.78, 5) is 37.9. The van der Waals surface area contributed by atoms with Crippen LogP contribution >= 0.6 is 0 Å². The van der Waals surface area contributed by atoms with Crippen molar-refractivity contribution in [1.82, 2.24) is 29.2 Å². The van der Waals surface area contributed by atoms with Crippen LogP contribution < -0.4 is 16.2 Å². The van der Waals surface area contributed by atoms with Crippen LogP contribution in [0.5, 0.6) is 0 Å². The molecule has 5 aromatic rings. The summed E-state index contributed by atoms with van der Waals surface area (Å²) in [5.74, 6) is 0.702. The number of amides is 1. The van der Waals surface area contributed by atoms with Crippen molar-refractivity contribution in [3.63, 3.8) is 0 Å². The highest BCUT2D eigenvalue weighted by atomic mass is 19.1. The lowest BCUT2D eigenvalue weighted by Crippen LogP contribution is -2.33. The van der Waals surface area contributed by atoms with Gasteiger partial charge in [0.05, 0.1) is 17.6 Å². The number of carbonyl (C=O) groups is 1. The van der Waals surface area contributed by atoms with E-state index in [1.807, 2.05) is 41.1 Å². The number of hydrogen-bond acceptors (Lipinski definition) is 6. The topological polar surface area (TPSA) is 106 Å². The van der Waals surface area contributed by atoms with Crippen LogP contribution in [0, 0.1) is 5.92 Å². The van der Waals surface area contributed by atoms with Gasteiger partial charge in [0.25, 0.3) is 5.56 Å². The molecule has 0 radical (unpaired) electrons. The Morgan fingerprint density at radius 1 is 1.08 bits per heavy atom. The second-order valence-electron chi connectivity index (χ2n) is 10.1. The maximum Gasteiger partial charge on any atom is 0.260 e. The standard InChI is InChI=1S/C29H28FN7O2/c1-18(38)34-27-4-3-21(12-33-27)25-13-32-14-26-24(25)6-7-36(29(26)39)16-23-17-37-15-19(2-5-28(37)35-23)10-31-11-20-8-22(30)9-20/h2-7,12-15,17,20,22,31H,8-11,16H2,1H3,(H,33,34,38). The number of pyridine rings is 4. The zero-order chi connectivity index (χ0) is 26.9. The number of hydrogen-bond donors (Lipinski definition) is 2. The molecule has 198 valence electrons. The first kappa shape index (κ1) is 24.9. The van der Waals surface area contributed by atoms with Crippen molar-refractivity contribution in [2.75, 3.05) is 11.9 Å². The van der Waals surface area contributed by atoms with Gasteiger partial charge in [-0.05, 0) is 60.5 Å². The van der Waals surface area contributed by atoms with Gasteiger partial charge in [-0.2, -0.15) is 0 Å². The smallest absolute Gasteiger partial charge is 0.260 e. The van der Waals surface area contributed by atoms with Crippen LogP contribution in [-0.2, 0) is 17.9 Å². The minimum Gasteiger partial charge on any atom is -0.312 e. The Hall–Kier alpha value is -4.44. The van der Waals surface area contributed by atoms with Gasteiger partial charge in [-0.15, -0.1) is 0 Å². The predicted molar refractivity (Wildman–Crippen MR) is 147 cm³/mol. The quantitative estimate of drug-likeness (QED) is 0.318. The van der Waals surface area contributed by atoms with Gasteiger partial charge in [-0.3, -0.25) is 14.6 Å². The molecule has 6 rings (SSSR count). The minimum atomic E-state index is -0.627. The van der Waals surface area contributed by atoms with Gasteiger partial charge < -0.3 is 19.6 Å². The molecule has 0 spiro atoms. The lowest BCUT2D eigenvalue weighted by atomic mass is 9.83. The first-order valence-electron chi connectivity index (χ1n) is 13.0. The second kappa shape index (κ2) is 10.4. The highest BCUT2D eigenvalue weighted by molar-refractivity contribution is 5.95. The van der Waals surface area contributed by atoms with E-state index in [9.17, 15) is 14.0 Å². The van der Waals surface area contributed by atoms with Crippen LogP contribution in [0.4, 0.5) is 10.2 Å². The van der Waals surface area contributed by atoms with Gasteiger partial charge in [-0.1, -0.05) is 6.07 Å². The van der Waals surface area contributed by atoms with Gasteiger partial charge in [0.2, 0.25) is 5.91 Å². The number of halogens is 1. The third kappa shape index (κ3) is 5.28. The molecule has 2 N–H and O–H groups in total. The second-order valence-corrected chi connectivity index (χ2v) is 10.1. The number of aromatic nitrogens is 5. The number of anilines is 1. The number of fused-ring (bicyclic) bond motifs is 2. The molecule has 0 atom stereocenters. The number of imidazole rings is 1. The first-order chi connectivity index (χ1) is 18.9. The van der Waals surface area contributed by atoms with E-state index in [0.29, 0.717) is 43.1 Å². The molecule has 1 aliphatic carbocycles. The van der Waals surface area contributed by atoms with Crippen molar-refractivity contribution in [2.24, 2.45) is 5.92 Å². The molecule has 0 bridgehead atoms. The summed E-state index contributed by atoms with van der Waals surface area (Å²) in [6.45, 7) is 3.29. The van der Waals surface area contributed by atoms with E-state index in [0.717, 1.165) is 40.0 Å². The fourth-order valence-electron chi connectivity index (χ4n) is 5.06. The average molecular weight is 526 g/mol. The largest absolute Gasteiger partial charge is 0.312 e. The van der Waals surface area contributed by atoms with Crippen molar-refractivity contribution < 1.29 is 9.18 Å². The normalized spacial score (nSPS) is 16.9. The summed E-state index contributed by atoms with van der Waals surface area (Å²) < 4.78 is 16.6. The molecule has 0 saturated heterocycles. The zero-order valence-electron chi connectivity index (χ0n) is 21.5. The molecule has 1 saturated carbocycles. The van der Waals surface area contributed by atoms with E-state index in [2.05, 4.69) is 20.6 Å². The third-order valence-electron chi connectivity index (χ3n) is 7.11. The summed E-state index contributed by atoms with van der Waals surface area (Å²) in [6.07, 6.45) is 11.4. The highest BCUT2D eigenvalue weighted by Crippen LogP contribution is 2.29. The first-order valence-corrected chi connectivity index (χ1v) is 13.0. The van der Waals surface area contributed by atoms with Crippen LogP contribution in [0.2, 0.25) is 0 Å². The Kier molecular flexibility index (Phi) is 6.62. The molecule has 5 aromatic heterocycles. The lowest BCUT2D eigenvalue weighted by molar-refractivity contribution is -0.114. The van der Waals surface area contributed by atoms with E-state index in [1.165, 1.54) is 6.92 Å². The third-order valence-corrected chi connectivity index (χ3v) is 7.11. The van der Waals surface area contributed by atoms with Crippen LogP contribution in [0.3, 0.4) is 0 Å². The number of carbonyl (C=O) groups excluding carboxylic acids is 1. The van der Waals surface area contributed by atoms with Crippen LogP contribution in [-0.4, -0.2) is 42.5 Å². The SMILES string of the molecule is CC(=O)Nc1ccc(-c2cncc3c(=O)n(Cc4cn5cc(CNCC6CC(F)C6)ccc5n4)ccc23)cn1. The van der Waals surface area contributed by atoms with E-state index in [-0.39, 0.29) is 11.5 Å². The number of alkyl halides is 1. The lowest BCUT2D eigenvalue weighted by Gasteiger charge is -2.29. The Morgan fingerprint density at radius 3 is 2.72 bits per heavy atom. The molecular weight excluding hydrogens is 497 g/mol. The summed E-state index contributed by atoms with van der Waals surface area (Å²) in [7, 11) is 0. The zero-order valence-corrected chi connectivity index (χ0v) is 21.5. The van der Waals surface area contributed by atoms with E-state index in [1.54, 1.807) is 35.4 Å². The van der Waals surface area contributed by atoms with Gasteiger partial charge in [-0.25, -0.2) is 14.4 Å². The Labute approximate surface area is 223 Å². The number of nitrogens with one attached hydrogen (secondary N) is 2. The maximum absolute atomic E-state index is 13.4.